The quantitative estimate of drug-likeness (QED) is 0.901. The van der Waals surface area contributed by atoms with E-state index in [-0.39, 0.29) is 11.6 Å². The molecule has 2 rings (SSSR count). The molecule has 2 N–H and O–H groups in total. The Kier molecular flexibility index (Phi) is 4.02. The van der Waals surface area contributed by atoms with Crippen LogP contribution in [0.4, 0.5) is 8.78 Å². The molecule has 0 aromatic heterocycles. The first-order valence-electron chi connectivity index (χ1n) is 5.88. The summed E-state index contributed by atoms with van der Waals surface area (Å²) in [7, 11) is 0. The third-order valence-corrected chi connectivity index (χ3v) is 3.97. The first kappa shape index (κ1) is 14.2. The maximum absolute atomic E-state index is 13.8. The van der Waals surface area contributed by atoms with Gasteiger partial charge in [-0.1, -0.05) is 30.3 Å². The molecule has 0 fully saturated rings. The van der Waals surface area contributed by atoms with Crippen LogP contribution in [0.3, 0.4) is 0 Å². The number of halogens is 3. The van der Waals surface area contributed by atoms with Gasteiger partial charge in [-0.2, -0.15) is 0 Å². The van der Waals surface area contributed by atoms with Gasteiger partial charge < -0.3 is 5.73 Å². The number of hydrogen-bond acceptors (Lipinski definition) is 1. The van der Waals surface area contributed by atoms with E-state index in [1.807, 2.05) is 0 Å². The normalized spacial score (nSPS) is 14.2. The fraction of sp³-hybridized carbons (Fsp3) is 0.200. The molecule has 0 aliphatic carbocycles. The van der Waals surface area contributed by atoms with Crippen molar-refractivity contribution in [3.05, 3.63) is 69.7 Å². The number of benzene rings is 2. The summed E-state index contributed by atoms with van der Waals surface area (Å²) in [6, 6.07) is 11.2. The molecule has 0 saturated heterocycles. The highest BCUT2D eigenvalue weighted by Crippen LogP contribution is 2.29. The molecular weight excluding hydrogens is 312 g/mol. The highest BCUT2D eigenvalue weighted by Gasteiger charge is 2.26. The van der Waals surface area contributed by atoms with E-state index in [0.717, 1.165) is 0 Å². The third-order valence-electron chi connectivity index (χ3n) is 3.08. The van der Waals surface area contributed by atoms with Crippen LogP contribution in [0.25, 0.3) is 0 Å². The molecule has 0 saturated carbocycles. The number of rotatable bonds is 3. The summed E-state index contributed by atoms with van der Waals surface area (Å²) in [6.45, 7) is 1.74. The molecule has 19 heavy (non-hydrogen) atoms. The molecule has 0 bridgehead atoms. The van der Waals surface area contributed by atoms with Crippen LogP contribution in [0.15, 0.2) is 46.9 Å². The van der Waals surface area contributed by atoms with Crippen molar-refractivity contribution < 1.29 is 8.78 Å². The van der Waals surface area contributed by atoms with Gasteiger partial charge in [0.15, 0.2) is 0 Å². The van der Waals surface area contributed by atoms with Gasteiger partial charge in [-0.3, -0.25) is 0 Å². The smallest absolute Gasteiger partial charge is 0.137 e. The molecular formula is C15H14BrF2N. The standard InChI is InChI=1S/C15H14BrF2N/c1-15(19,11-6-2-3-7-12(11)17)9-10-5-4-8-13(18)14(10)16/h2-8H,9,19H2,1H3. The van der Waals surface area contributed by atoms with Crippen molar-refractivity contribution in [3.63, 3.8) is 0 Å². The molecule has 4 heteroatoms. The van der Waals surface area contributed by atoms with Crippen molar-refractivity contribution in [2.75, 3.05) is 0 Å². The van der Waals surface area contributed by atoms with Gasteiger partial charge in [-0.15, -0.1) is 0 Å². The minimum atomic E-state index is -0.901. The predicted octanol–water partition coefficient (Wildman–Crippen LogP) is 4.14. The lowest BCUT2D eigenvalue weighted by molar-refractivity contribution is 0.455. The van der Waals surface area contributed by atoms with E-state index >= 15 is 0 Å². The first-order valence-corrected chi connectivity index (χ1v) is 6.68. The monoisotopic (exact) mass is 325 g/mol. The molecule has 0 aliphatic heterocycles. The van der Waals surface area contributed by atoms with E-state index in [4.69, 9.17) is 5.73 Å². The van der Waals surface area contributed by atoms with Gasteiger partial charge in [-0.05, 0) is 47.0 Å². The predicted molar refractivity (Wildman–Crippen MR) is 75.7 cm³/mol. The summed E-state index contributed by atoms with van der Waals surface area (Å²) in [5, 5.41) is 0. The molecule has 0 amide bonds. The molecule has 1 unspecified atom stereocenters. The van der Waals surface area contributed by atoms with Crippen molar-refractivity contribution in [1.29, 1.82) is 0 Å². The van der Waals surface area contributed by atoms with Gasteiger partial charge in [0.25, 0.3) is 0 Å². The maximum atomic E-state index is 13.8. The fourth-order valence-electron chi connectivity index (χ4n) is 2.10. The van der Waals surface area contributed by atoms with Crippen LogP contribution >= 0.6 is 15.9 Å². The zero-order chi connectivity index (χ0) is 14.0. The van der Waals surface area contributed by atoms with Gasteiger partial charge in [0, 0.05) is 11.1 Å². The molecule has 0 heterocycles. The summed E-state index contributed by atoms with van der Waals surface area (Å²) >= 11 is 3.20. The summed E-state index contributed by atoms with van der Waals surface area (Å²) in [5.41, 5.74) is 6.44. The highest BCUT2D eigenvalue weighted by atomic mass is 79.9. The van der Waals surface area contributed by atoms with E-state index in [1.165, 1.54) is 12.1 Å². The van der Waals surface area contributed by atoms with Crippen LogP contribution in [0.1, 0.15) is 18.1 Å². The second-order valence-electron chi connectivity index (χ2n) is 4.79. The minimum Gasteiger partial charge on any atom is -0.321 e. The zero-order valence-electron chi connectivity index (χ0n) is 10.5. The van der Waals surface area contributed by atoms with E-state index < -0.39 is 5.54 Å². The second-order valence-corrected chi connectivity index (χ2v) is 5.58. The lowest BCUT2D eigenvalue weighted by atomic mass is 9.86. The molecule has 2 aromatic carbocycles. The van der Waals surface area contributed by atoms with E-state index in [0.29, 0.717) is 22.0 Å². The van der Waals surface area contributed by atoms with Gasteiger partial charge in [-0.25, -0.2) is 8.78 Å². The van der Waals surface area contributed by atoms with Crippen LogP contribution in [0.2, 0.25) is 0 Å². The van der Waals surface area contributed by atoms with Crippen molar-refractivity contribution in [2.45, 2.75) is 18.9 Å². The number of hydrogen-bond donors (Lipinski definition) is 1. The molecule has 0 spiro atoms. The van der Waals surface area contributed by atoms with E-state index in [2.05, 4.69) is 15.9 Å². The first-order chi connectivity index (χ1) is 8.92. The topological polar surface area (TPSA) is 26.0 Å². The zero-order valence-corrected chi connectivity index (χ0v) is 12.0. The largest absolute Gasteiger partial charge is 0.321 e. The average Bonchev–Trinajstić information content (AvgIpc) is 2.35. The van der Waals surface area contributed by atoms with Crippen LogP contribution in [-0.4, -0.2) is 0 Å². The Morgan fingerprint density at radius 1 is 1.05 bits per heavy atom. The van der Waals surface area contributed by atoms with Gasteiger partial charge in [0.05, 0.1) is 4.47 Å². The summed E-state index contributed by atoms with van der Waals surface area (Å²) < 4.78 is 27.7. The third kappa shape index (κ3) is 3.01. The Labute approximate surface area is 119 Å². The molecule has 1 nitrogen and oxygen atoms in total. The maximum Gasteiger partial charge on any atom is 0.137 e. The molecule has 2 aromatic rings. The van der Waals surface area contributed by atoms with Crippen LogP contribution in [0, 0.1) is 11.6 Å². The lowest BCUT2D eigenvalue weighted by Crippen LogP contribution is -2.36. The Hall–Kier alpha value is -1.26. The fourth-order valence-corrected chi connectivity index (χ4v) is 2.50. The number of nitrogens with two attached hydrogens (primary N) is 1. The van der Waals surface area contributed by atoms with Gasteiger partial charge in [0.1, 0.15) is 11.6 Å². The Bertz CT molecular complexity index is 596. The Morgan fingerprint density at radius 3 is 2.37 bits per heavy atom. The summed E-state index contributed by atoms with van der Waals surface area (Å²) in [6.07, 6.45) is 0.340. The van der Waals surface area contributed by atoms with Crippen LogP contribution in [0.5, 0.6) is 0 Å². The Morgan fingerprint density at radius 2 is 1.68 bits per heavy atom. The lowest BCUT2D eigenvalue weighted by Gasteiger charge is -2.26. The molecule has 1 atom stereocenters. The second kappa shape index (κ2) is 5.39. The van der Waals surface area contributed by atoms with Gasteiger partial charge >= 0.3 is 0 Å². The van der Waals surface area contributed by atoms with Crippen molar-refractivity contribution in [3.8, 4) is 0 Å². The summed E-state index contributed by atoms with van der Waals surface area (Å²) in [4.78, 5) is 0. The van der Waals surface area contributed by atoms with Crippen molar-refractivity contribution >= 4 is 15.9 Å². The van der Waals surface area contributed by atoms with Crippen LogP contribution < -0.4 is 5.73 Å². The molecule has 0 radical (unpaired) electrons. The van der Waals surface area contributed by atoms with Crippen molar-refractivity contribution in [2.24, 2.45) is 5.73 Å². The van der Waals surface area contributed by atoms with Gasteiger partial charge in [0.2, 0.25) is 0 Å². The Balaban J connectivity index is 2.36. The highest BCUT2D eigenvalue weighted by molar-refractivity contribution is 9.10. The van der Waals surface area contributed by atoms with E-state index in [9.17, 15) is 8.78 Å². The minimum absolute atomic E-state index is 0.340. The van der Waals surface area contributed by atoms with E-state index in [1.54, 1.807) is 37.3 Å². The summed E-state index contributed by atoms with van der Waals surface area (Å²) in [5.74, 6) is -0.693. The SMILES string of the molecule is CC(N)(Cc1cccc(F)c1Br)c1ccccc1F. The molecule has 100 valence electrons. The van der Waals surface area contributed by atoms with Crippen LogP contribution in [-0.2, 0) is 12.0 Å². The molecule has 0 aliphatic rings. The van der Waals surface area contributed by atoms with Crippen molar-refractivity contribution in [1.82, 2.24) is 0 Å². The average molecular weight is 326 g/mol.